The van der Waals surface area contributed by atoms with E-state index in [-0.39, 0.29) is 6.10 Å². The maximum absolute atomic E-state index is 8.78. The van der Waals surface area contributed by atoms with Crippen LogP contribution in [0.15, 0.2) is 18.3 Å². The third-order valence-electron chi connectivity index (χ3n) is 2.52. The lowest BCUT2D eigenvalue weighted by molar-refractivity contribution is -0.00311. The SMILES string of the molecule is N#CC1CN(Cc2cc(N)ccn2)CCO1. The van der Waals surface area contributed by atoms with E-state index in [0.717, 1.165) is 17.9 Å². The third-order valence-corrected chi connectivity index (χ3v) is 2.52. The molecule has 1 fully saturated rings. The second-order valence-electron chi connectivity index (χ2n) is 3.80. The number of anilines is 1. The topological polar surface area (TPSA) is 75.2 Å². The molecule has 1 unspecified atom stereocenters. The Morgan fingerprint density at radius 1 is 1.69 bits per heavy atom. The summed E-state index contributed by atoms with van der Waals surface area (Å²) in [6, 6.07) is 5.74. The van der Waals surface area contributed by atoms with E-state index < -0.39 is 0 Å². The Morgan fingerprint density at radius 3 is 3.31 bits per heavy atom. The molecule has 0 radical (unpaired) electrons. The summed E-state index contributed by atoms with van der Waals surface area (Å²) in [6.45, 7) is 2.77. The molecule has 2 heterocycles. The summed E-state index contributed by atoms with van der Waals surface area (Å²) >= 11 is 0. The molecule has 0 aliphatic carbocycles. The standard InChI is InChI=1S/C11H14N4O/c12-6-11-8-15(3-4-16-11)7-10-5-9(13)1-2-14-10/h1-2,5,11H,3-4,7-8H2,(H2,13,14). The number of aromatic nitrogens is 1. The van der Waals surface area contributed by atoms with Crippen LogP contribution in [-0.2, 0) is 11.3 Å². The number of rotatable bonds is 2. The van der Waals surface area contributed by atoms with Gasteiger partial charge in [-0.15, -0.1) is 0 Å². The fourth-order valence-corrected chi connectivity index (χ4v) is 1.74. The van der Waals surface area contributed by atoms with Gasteiger partial charge in [0.15, 0.2) is 6.10 Å². The minimum atomic E-state index is -0.324. The van der Waals surface area contributed by atoms with Crippen molar-refractivity contribution in [3.63, 3.8) is 0 Å². The van der Waals surface area contributed by atoms with Crippen LogP contribution >= 0.6 is 0 Å². The highest BCUT2D eigenvalue weighted by Gasteiger charge is 2.20. The Balaban J connectivity index is 1.97. The highest BCUT2D eigenvalue weighted by atomic mass is 16.5. The van der Waals surface area contributed by atoms with Crippen molar-refractivity contribution in [2.75, 3.05) is 25.4 Å². The van der Waals surface area contributed by atoms with E-state index in [1.54, 1.807) is 12.3 Å². The summed E-state index contributed by atoms with van der Waals surface area (Å²) in [5.41, 5.74) is 7.33. The molecule has 5 heteroatoms. The van der Waals surface area contributed by atoms with E-state index >= 15 is 0 Å². The number of morpholine rings is 1. The van der Waals surface area contributed by atoms with Crippen LogP contribution in [0.5, 0.6) is 0 Å². The zero-order valence-corrected chi connectivity index (χ0v) is 8.97. The van der Waals surface area contributed by atoms with Crippen LogP contribution in [-0.4, -0.2) is 35.7 Å². The van der Waals surface area contributed by atoms with E-state index in [1.165, 1.54) is 0 Å². The first-order valence-electron chi connectivity index (χ1n) is 5.22. The molecule has 0 amide bonds. The number of nitrogen functional groups attached to an aromatic ring is 1. The van der Waals surface area contributed by atoms with Gasteiger partial charge in [0.2, 0.25) is 0 Å². The molecule has 5 nitrogen and oxygen atoms in total. The summed E-state index contributed by atoms with van der Waals surface area (Å²) in [5.74, 6) is 0. The predicted octanol–water partition coefficient (Wildman–Crippen LogP) is 0.388. The number of ether oxygens (including phenoxy) is 1. The van der Waals surface area contributed by atoms with Crippen molar-refractivity contribution in [1.29, 1.82) is 5.26 Å². The van der Waals surface area contributed by atoms with Crippen LogP contribution in [0.25, 0.3) is 0 Å². The summed E-state index contributed by atoms with van der Waals surface area (Å²) in [5, 5.41) is 8.78. The summed E-state index contributed by atoms with van der Waals surface area (Å²) in [4.78, 5) is 6.39. The van der Waals surface area contributed by atoms with Gasteiger partial charge in [-0.25, -0.2) is 0 Å². The molecule has 1 atom stereocenters. The lowest BCUT2D eigenvalue weighted by atomic mass is 10.2. The molecule has 1 aliphatic rings. The molecule has 0 spiro atoms. The first kappa shape index (κ1) is 10.9. The zero-order valence-electron chi connectivity index (χ0n) is 8.97. The summed E-state index contributed by atoms with van der Waals surface area (Å²) in [6.07, 6.45) is 1.38. The predicted molar refractivity (Wildman–Crippen MR) is 59.3 cm³/mol. The molecular weight excluding hydrogens is 204 g/mol. The van der Waals surface area contributed by atoms with Gasteiger partial charge in [-0.1, -0.05) is 0 Å². The first-order valence-corrected chi connectivity index (χ1v) is 5.22. The van der Waals surface area contributed by atoms with Crippen LogP contribution in [0.1, 0.15) is 5.69 Å². The van der Waals surface area contributed by atoms with Gasteiger partial charge >= 0.3 is 0 Å². The molecule has 1 saturated heterocycles. The van der Waals surface area contributed by atoms with Gasteiger partial charge in [0.25, 0.3) is 0 Å². The Labute approximate surface area is 94.4 Å². The van der Waals surface area contributed by atoms with Crippen molar-refractivity contribution in [3.8, 4) is 6.07 Å². The molecule has 0 bridgehead atoms. The van der Waals surface area contributed by atoms with Crippen molar-refractivity contribution < 1.29 is 4.74 Å². The molecule has 1 aromatic rings. The highest BCUT2D eigenvalue weighted by molar-refractivity contribution is 5.37. The Kier molecular flexibility index (Phi) is 3.34. The second-order valence-corrected chi connectivity index (χ2v) is 3.80. The first-order chi connectivity index (χ1) is 7.78. The lowest BCUT2D eigenvalue weighted by Gasteiger charge is -2.29. The van der Waals surface area contributed by atoms with Crippen molar-refractivity contribution in [2.24, 2.45) is 0 Å². The van der Waals surface area contributed by atoms with E-state index in [4.69, 9.17) is 15.7 Å². The summed E-state index contributed by atoms with van der Waals surface area (Å²) in [7, 11) is 0. The number of nitriles is 1. The average Bonchev–Trinajstić information content (AvgIpc) is 2.29. The fourth-order valence-electron chi connectivity index (χ4n) is 1.74. The molecule has 2 N–H and O–H groups in total. The quantitative estimate of drug-likeness (QED) is 0.777. The van der Waals surface area contributed by atoms with Crippen LogP contribution < -0.4 is 5.73 Å². The Morgan fingerprint density at radius 2 is 2.56 bits per heavy atom. The van der Waals surface area contributed by atoms with E-state index in [0.29, 0.717) is 19.7 Å². The molecule has 84 valence electrons. The van der Waals surface area contributed by atoms with Crippen LogP contribution in [0.4, 0.5) is 5.69 Å². The maximum Gasteiger partial charge on any atom is 0.156 e. The zero-order chi connectivity index (χ0) is 11.4. The van der Waals surface area contributed by atoms with Crippen molar-refractivity contribution in [2.45, 2.75) is 12.6 Å². The molecule has 0 saturated carbocycles. The number of hydrogen-bond acceptors (Lipinski definition) is 5. The van der Waals surface area contributed by atoms with Crippen molar-refractivity contribution in [3.05, 3.63) is 24.0 Å². The average molecular weight is 218 g/mol. The molecular formula is C11H14N4O. The Hall–Kier alpha value is -1.64. The monoisotopic (exact) mass is 218 g/mol. The molecule has 1 aromatic heterocycles. The maximum atomic E-state index is 8.78. The molecule has 1 aliphatic heterocycles. The number of pyridine rings is 1. The number of nitrogens with zero attached hydrogens (tertiary/aromatic N) is 3. The lowest BCUT2D eigenvalue weighted by Crippen LogP contribution is -2.41. The smallest absolute Gasteiger partial charge is 0.156 e. The molecule has 0 aromatic carbocycles. The normalized spacial score (nSPS) is 21.6. The van der Waals surface area contributed by atoms with Crippen molar-refractivity contribution >= 4 is 5.69 Å². The van der Waals surface area contributed by atoms with Gasteiger partial charge in [0, 0.05) is 31.5 Å². The van der Waals surface area contributed by atoms with Crippen LogP contribution in [0, 0.1) is 11.3 Å². The third kappa shape index (κ3) is 2.69. The van der Waals surface area contributed by atoms with Gasteiger partial charge in [0.1, 0.15) is 0 Å². The van der Waals surface area contributed by atoms with Crippen LogP contribution in [0.3, 0.4) is 0 Å². The van der Waals surface area contributed by atoms with Gasteiger partial charge in [-0.2, -0.15) is 5.26 Å². The minimum Gasteiger partial charge on any atom is -0.399 e. The highest BCUT2D eigenvalue weighted by Crippen LogP contribution is 2.10. The fraction of sp³-hybridized carbons (Fsp3) is 0.455. The number of nitrogens with two attached hydrogens (primary N) is 1. The van der Waals surface area contributed by atoms with E-state index in [1.807, 2.05) is 6.07 Å². The van der Waals surface area contributed by atoms with Crippen LogP contribution in [0.2, 0.25) is 0 Å². The van der Waals surface area contributed by atoms with Gasteiger partial charge < -0.3 is 10.5 Å². The van der Waals surface area contributed by atoms with Gasteiger partial charge in [-0.3, -0.25) is 9.88 Å². The molecule has 2 rings (SSSR count). The second kappa shape index (κ2) is 4.92. The van der Waals surface area contributed by atoms with Crippen molar-refractivity contribution in [1.82, 2.24) is 9.88 Å². The largest absolute Gasteiger partial charge is 0.399 e. The van der Waals surface area contributed by atoms with E-state index in [9.17, 15) is 0 Å². The van der Waals surface area contributed by atoms with Gasteiger partial charge in [-0.05, 0) is 12.1 Å². The Bertz CT molecular complexity index is 401. The summed E-state index contributed by atoms with van der Waals surface area (Å²) < 4.78 is 5.27. The number of hydrogen-bond donors (Lipinski definition) is 1. The molecule has 16 heavy (non-hydrogen) atoms. The minimum absolute atomic E-state index is 0.324. The van der Waals surface area contributed by atoms with Gasteiger partial charge in [0.05, 0.1) is 18.4 Å². The van der Waals surface area contributed by atoms with E-state index in [2.05, 4.69) is 16.0 Å².